The molecule has 0 aliphatic rings. The van der Waals surface area contributed by atoms with Gasteiger partial charge in [-0.15, -0.1) is 0 Å². The van der Waals surface area contributed by atoms with E-state index in [-0.39, 0.29) is 0 Å². The molecule has 64 valence electrons. The van der Waals surface area contributed by atoms with E-state index in [1.54, 1.807) is 0 Å². The van der Waals surface area contributed by atoms with E-state index in [4.69, 9.17) is 5.73 Å². The lowest BCUT2D eigenvalue weighted by Crippen LogP contribution is -2.18. The Bertz CT molecular complexity index is 477. The number of imidazole rings is 1. The van der Waals surface area contributed by atoms with Crippen LogP contribution in [-0.4, -0.2) is 35.2 Å². The van der Waals surface area contributed by atoms with Crippen molar-refractivity contribution in [3.05, 3.63) is 0 Å². The summed E-state index contributed by atoms with van der Waals surface area (Å²) in [5.41, 5.74) is 8.76. The highest BCUT2D eigenvalue weighted by Gasteiger charge is 2.09. The van der Waals surface area contributed by atoms with Gasteiger partial charge in [0.2, 0.25) is 0 Å². The molecule has 0 aliphatic carbocycles. The first-order chi connectivity index (χ1) is 6.09. The Kier molecular flexibility index (Phi) is 1.55. The molecule has 2 aromatic rings. The number of nitrogen functional groups attached to an aromatic ring is 1. The van der Waals surface area contributed by atoms with Crippen molar-refractivity contribution in [3.63, 3.8) is 0 Å². The van der Waals surface area contributed by atoms with Gasteiger partial charge >= 0.3 is 0 Å². The summed E-state index contributed by atoms with van der Waals surface area (Å²) in [4.78, 5) is 12.6. The molecule has 0 bridgehead atoms. The normalized spacial score (nSPS) is 10.8. The smallest absolute Gasteiger partial charge is 0.189 e. The minimum atomic E-state index is 0.450. The zero-order valence-corrected chi connectivity index (χ0v) is 7.87. The molecule has 0 spiro atoms. The second kappa shape index (κ2) is 2.48. The average Bonchev–Trinajstić information content (AvgIpc) is 2.32. The van der Waals surface area contributed by atoms with Crippen LogP contribution in [0.15, 0.2) is 0 Å². The highest BCUT2D eigenvalue weighted by atomic mass is 15.1. The van der Waals surface area contributed by atoms with Crippen molar-refractivity contribution in [2.75, 3.05) is 5.73 Å². The van der Waals surface area contributed by atoms with Gasteiger partial charge in [-0.3, -0.25) is 0 Å². The predicted molar refractivity (Wildman–Crippen MR) is 57.1 cm³/mol. The number of anilines is 1. The number of hydrogen-bond acceptors (Lipinski definition) is 4. The fourth-order valence-electron chi connectivity index (χ4n) is 1.30. The summed E-state index contributed by atoms with van der Waals surface area (Å²) in [7, 11) is 5.64. The van der Waals surface area contributed by atoms with Gasteiger partial charge in [0.15, 0.2) is 27.2 Å². The summed E-state index contributed by atoms with van der Waals surface area (Å²) in [6.07, 6.45) is 0. The van der Waals surface area contributed by atoms with Crippen molar-refractivity contribution in [2.24, 2.45) is 7.05 Å². The van der Waals surface area contributed by atoms with Crippen molar-refractivity contribution < 1.29 is 0 Å². The van der Waals surface area contributed by atoms with Gasteiger partial charge in [0.25, 0.3) is 0 Å². The van der Waals surface area contributed by atoms with Gasteiger partial charge in [-0.25, -0.2) is 15.0 Å². The van der Waals surface area contributed by atoms with Crippen LogP contribution in [0.5, 0.6) is 0 Å². The molecular formula is C6H9B2N5. The van der Waals surface area contributed by atoms with Crippen LogP contribution in [0.1, 0.15) is 0 Å². The molecule has 7 heteroatoms. The van der Waals surface area contributed by atoms with Gasteiger partial charge < -0.3 is 10.3 Å². The van der Waals surface area contributed by atoms with Crippen LogP contribution in [0.4, 0.5) is 5.82 Å². The molecule has 2 aromatic heterocycles. The minimum absolute atomic E-state index is 0.450. The Morgan fingerprint density at radius 1 is 1.23 bits per heavy atom. The molecule has 2 rings (SSSR count). The molecule has 0 amide bonds. The summed E-state index contributed by atoms with van der Waals surface area (Å²) < 4.78 is 1.90. The maximum atomic E-state index is 5.71. The second-order valence-electron chi connectivity index (χ2n) is 3.05. The van der Waals surface area contributed by atoms with E-state index in [1.807, 2.05) is 27.3 Å². The van der Waals surface area contributed by atoms with Gasteiger partial charge in [0, 0.05) is 7.05 Å². The van der Waals surface area contributed by atoms with Gasteiger partial charge in [-0.1, -0.05) is 0 Å². The number of nitrogens with two attached hydrogens (primary N) is 1. The van der Waals surface area contributed by atoms with Gasteiger partial charge in [-0.05, 0) is 0 Å². The van der Waals surface area contributed by atoms with E-state index in [0.29, 0.717) is 17.1 Å². The molecule has 2 heterocycles. The molecule has 5 nitrogen and oxygen atoms in total. The maximum absolute atomic E-state index is 5.71. The monoisotopic (exact) mass is 173 g/mol. The first-order valence-electron chi connectivity index (χ1n) is 4.02. The third-order valence-electron chi connectivity index (χ3n) is 2.08. The van der Waals surface area contributed by atoms with Gasteiger partial charge in [0.05, 0.1) is 11.4 Å². The van der Waals surface area contributed by atoms with E-state index in [1.165, 1.54) is 0 Å². The van der Waals surface area contributed by atoms with Crippen LogP contribution in [-0.2, 0) is 7.05 Å². The number of aryl methyl sites for hydroxylation is 1. The number of fused-ring (bicyclic) bond motifs is 1. The van der Waals surface area contributed by atoms with E-state index in [2.05, 4.69) is 15.0 Å². The van der Waals surface area contributed by atoms with Gasteiger partial charge in [-0.2, -0.15) is 0 Å². The highest BCUT2D eigenvalue weighted by Crippen LogP contribution is 2.09. The Morgan fingerprint density at radius 2 is 1.92 bits per heavy atom. The Morgan fingerprint density at radius 3 is 2.62 bits per heavy atom. The molecule has 0 saturated heterocycles. The average molecular weight is 173 g/mol. The van der Waals surface area contributed by atoms with Crippen molar-refractivity contribution in [1.29, 1.82) is 0 Å². The van der Waals surface area contributed by atoms with Crippen LogP contribution in [0.25, 0.3) is 11.2 Å². The third kappa shape index (κ3) is 1.07. The zero-order valence-electron chi connectivity index (χ0n) is 7.87. The fourth-order valence-corrected chi connectivity index (χ4v) is 1.30. The van der Waals surface area contributed by atoms with Crippen LogP contribution in [0.2, 0.25) is 0 Å². The lowest BCUT2D eigenvalue weighted by Gasteiger charge is -1.98. The molecule has 0 atom stereocenters. The van der Waals surface area contributed by atoms with Crippen molar-refractivity contribution in [3.8, 4) is 0 Å². The molecule has 13 heavy (non-hydrogen) atoms. The quantitative estimate of drug-likeness (QED) is 0.419. The molecular weight excluding hydrogens is 164 g/mol. The maximum Gasteiger partial charge on any atom is 0.189 e. The zero-order chi connectivity index (χ0) is 9.59. The van der Waals surface area contributed by atoms with Crippen LogP contribution in [0, 0.1) is 0 Å². The molecule has 0 fully saturated rings. The van der Waals surface area contributed by atoms with E-state index in [0.717, 1.165) is 11.4 Å². The number of rotatable bonds is 0. The van der Waals surface area contributed by atoms with Crippen LogP contribution in [0.3, 0.4) is 0 Å². The summed E-state index contributed by atoms with van der Waals surface area (Å²) in [5.74, 6) is 0.450. The number of nitrogens with zero attached hydrogens (tertiary/aromatic N) is 4. The highest BCUT2D eigenvalue weighted by molar-refractivity contribution is 6.31. The first kappa shape index (κ1) is 8.10. The standard InChI is InChI=1S/C6H9B2N5/c1-13-4-2(10-6(13)8)3(9)11-5(7)12-4/h7-8H2,1H3,(H2,9,11,12). The van der Waals surface area contributed by atoms with E-state index in [9.17, 15) is 0 Å². The fraction of sp³-hybridized carbons (Fsp3) is 0.167. The molecule has 0 saturated carbocycles. The van der Waals surface area contributed by atoms with Gasteiger partial charge in [0.1, 0.15) is 5.52 Å². The van der Waals surface area contributed by atoms with Crippen LogP contribution >= 0.6 is 0 Å². The predicted octanol–water partition coefficient (Wildman–Crippen LogP) is -3.54. The molecule has 0 aliphatic heterocycles. The lowest BCUT2D eigenvalue weighted by atomic mass is 10.1. The summed E-state index contributed by atoms with van der Waals surface area (Å²) in [6, 6.07) is 0. The molecule has 0 unspecified atom stereocenters. The first-order valence-corrected chi connectivity index (χ1v) is 4.02. The Labute approximate surface area is 77.2 Å². The molecule has 2 N–H and O–H groups in total. The van der Waals surface area contributed by atoms with Crippen molar-refractivity contribution in [2.45, 2.75) is 0 Å². The second-order valence-corrected chi connectivity index (χ2v) is 3.05. The molecule has 0 radical (unpaired) electrons. The topological polar surface area (TPSA) is 69.6 Å². The van der Waals surface area contributed by atoms with Crippen molar-refractivity contribution in [1.82, 2.24) is 19.5 Å². The van der Waals surface area contributed by atoms with Crippen molar-refractivity contribution >= 4 is 44.1 Å². The summed E-state index contributed by atoms with van der Waals surface area (Å²) >= 11 is 0. The van der Waals surface area contributed by atoms with E-state index >= 15 is 0 Å². The largest absolute Gasteiger partial charge is 0.382 e. The number of aromatic nitrogens is 4. The Hall–Kier alpha value is -1.52. The van der Waals surface area contributed by atoms with Crippen LogP contribution < -0.4 is 17.2 Å². The SMILES string of the molecule is Bc1nc(N)c2nc(B)n(C)c2n1. The molecule has 0 aromatic carbocycles. The lowest BCUT2D eigenvalue weighted by molar-refractivity contribution is 0.969. The Balaban J connectivity index is 2.94. The minimum Gasteiger partial charge on any atom is -0.382 e. The number of hydrogen-bond donors (Lipinski definition) is 1. The summed E-state index contributed by atoms with van der Waals surface area (Å²) in [6.45, 7) is 0. The van der Waals surface area contributed by atoms with E-state index < -0.39 is 0 Å². The third-order valence-corrected chi connectivity index (χ3v) is 2.08. The summed E-state index contributed by atoms with van der Waals surface area (Å²) in [5, 5.41) is 0.